The summed E-state index contributed by atoms with van der Waals surface area (Å²) in [6.45, 7) is 13.1. The lowest BCUT2D eigenvalue weighted by Crippen LogP contribution is -2.46. The van der Waals surface area contributed by atoms with Crippen molar-refractivity contribution in [2.45, 2.75) is 52.5 Å². The molecule has 1 fully saturated rings. The highest BCUT2D eigenvalue weighted by atomic mass is 16.4. The summed E-state index contributed by atoms with van der Waals surface area (Å²) in [5, 5.41) is 11.9. The molecule has 16 heavy (non-hydrogen) atoms. The van der Waals surface area contributed by atoms with Gasteiger partial charge in [-0.1, -0.05) is 33.8 Å². The van der Waals surface area contributed by atoms with E-state index in [-0.39, 0.29) is 0 Å². The summed E-state index contributed by atoms with van der Waals surface area (Å²) in [5.74, 6) is -0.755. The Balaban J connectivity index is 0.000000385. The first-order valence-electron chi connectivity index (χ1n) is 5.80. The summed E-state index contributed by atoms with van der Waals surface area (Å²) in [7, 11) is 0. The first-order chi connectivity index (χ1) is 7.21. The Morgan fingerprint density at radius 3 is 2.25 bits per heavy atom. The van der Waals surface area contributed by atoms with Crippen LogP contribution >= 0.6 is 0 Å². The maximum atomic E-state index is 10.8. The predicted octanol–water partition coefficient (Wildman–Crippen LogP) is 2.82. The summed E-state index contributed by atoms with van der Waals surface area (Å²) in [6.07, 6.45) is 3.84. The normalized spacial score (nSPS) is 24.5. The molecule has 1 heterocycles. The van der Waals surface area contributed by atoms with E-state index in [0.29, 0.717) is 18.3 Å². The van der Waals surface area contributed by atoms with Gasteiger partial charge < -0.3 is 10.4 Å². The number of nitrogens with one attached hydrogen (secondary N) is 1. The second kappa shape index (κ2) is 6.04. The van der Waals surface area contributed by atoms with Crippen LogP contribution in [0.3, 0.4) is 0 Å². The maximum absolute atomic E-state index is 10.8. The largest absolute Gasteiger partial charge is 0.480 e. The van der Waals surface area contributed by atoms with Crippen LogP contribution in [-0.2, 0) is 4.79 Å². The number of carboxylic acids is 1. The molecule has 1 saturated heterocycles. The third-order valence-electron chi connectivity index (χ3n) is 2.15. The molecule has 1 aliphatic rings. The van der Waals surface area contributed by atoms with Gasteiger partial charge in [-0.15, -0.1) is 6.58 Å². The van der Waals surface area contributed by atoms with Crippen molar-refractivity contribution in [1.29, 1.82) is 0 Å². The smallest absolute Gasteiger partial charge is 0.324 e. The van der Waals surface area contributed by atoms with Crippen molar-refractivity contribution in [2.24, 2.45) is 5.41 Å². The molecule has 0 unspecified atom stereocenters. The van der Waals surface area contributed by atoms with Crippen LogP contribution in [0.2, 0.25) is 0 Å². The minimum atomic E-state index is -0.755. The molecular weight excluding hydrogens is 202 g/mol. The molecule has 0 amide bonds. The zero-order valence-electron chi connectivity index (χ0n) is 11.0. The van der Waals surface area contributed by atoms with Gasteiger partial charge in [0.25, 0.3) is 0 Å². The molecule has 3 nitrogen and oxygen atoms in total. The van der Waals surface area contributed by atoms with Crippen molar-refractivity contribution < 1.29 is 9.90 Å². The molecule has 0 aromatic rings. The lowest BCUT2D eigenvalue weighted by atomic mass is 9.94. The van der Waals surface area contributed by atoms with Gasteiger partial charge in [0.15, 0.2) is 0 Å². The summed E-state index contributed by atoms with van der Waals surface area (Å²) in [4.78, 5) is 10.8. The quantitative estimate of drug-likeness (QED) is 0.729. The molecule has 0 aromatic carbocycles. The summed E-state index contributed by atoms with van der Waals surface area (Å²) in [6, 6.07) is 0. The average Bonchev–Trinajstić information content (AvgIpc) is 2.51. The zero-order valence-corrected chi connectivity index (χ0v) is 11.0. The average molecular weight is 227 g/mol. The molecule has 0 radical (unpaired) electrons. The number of rotatable bonds is 3. The monoisotopic (exact) mass is 227 g/mol. The van der Waals surface area contributed by atoms with Crippen molar-refractivity contribution >= 4 is 5.97 Å². The van der Waals surface area contributed by atoms with Crippen LogP contribution in [0.25, 0.3) is 0 Å². The zero-order chi connectivity index (χ0) is 12.8. The lowest BCUT2D eigenvalue weighted by Gasteiger charge is -2.22. The van der Waals surface area contributed by atoms with E-state index in [9.17, 15) is 4.79 Å². The van der Waals surface area contributed by atoms with Crippen LogP contribution in [0.5, 0.6) is 0 Å². The summed E-state index contributed by atoms with van der Waals surface area (Å²) < 4.78 is 0. The van der Waals surface area contributed by atoms with Crippen LogP contribution in [0.15, 0.2) is 12.7 Å². The Labute approximate surface area is 98.9 Å². The number of carboxylic acid groups (broad SMARTS) is 1. The second-order valence-corrected chi connectivity index (χ2v) is 5.91. The minimum absolute atomic E-state index is 0.500. The van der Waals surface area contributed by atoms with Gasteiger partial charge in [0.05, 0.1) is 0 Å². The van der Waals surface area contributed by atoms with Gasteiger partial charge in [0.2, 0.25) is 0 Å². The second-order valence-electron chi connectivity index (χ2n) is 5.91. The fourth-order valence-corrected chi connectivity index (χ4v) is 1.50. The molecule has 0 aromatic heterocycles. The molecule has 0 bridgehead atoms. The highest BCUT2D eigenvalue weighted by molar-refractivity contribution is 5.79. The van der Waals surface area contributed by atoms with E-state index < -0.39 is 11.5 Å². The van der Waals surface area contributed by atoms with Crippen LogP contribution in [0.4, 0.5) is 0 Å². The fraction of sp³-hybridized carbons (Fsp3) is 0.769. The fourth-order valence-electron chi connectivity index (χ4n) is 1.50. The number of aliphatic carboxylic acids is 1. The molecule has 94 valence electrons. The van der Waals surface area contributed by atoms with Crippen molar-refractivity contribution in [2.75, 3.05) is 6.54 Å². The maximum Gasteiger partial charge on any atom is 0.324 e. The van der Waals surface area contributed by atoms with Crippen molar-refractivity contribution in [1.82, 2.24) is 5.32 Å². The van der Waals surface area contributed by atoms with E-state index in [2.05, 4.69) is 39.6 Å². The van der Waals surface area contributed by atoms with Gasteiger partial charge in [-0.3, -0.25) is 4.79 Å². The summed E-state index contributed by atoms with van der Waals surface area (Å²) >= 11 is 0. The number of hydrogen-bond donors (Lipinski definition) is 2. The predicted molar refractivity (Wildman–Crippen MR) is 67.5 cm³/mol. The van der Waals surface area contributed by atoms with Gasteiger partial charge in [-0.05, 0) is 31.2 Å². The molecule has 2 N–H and O–H groups in total. The first-order valence-corrected chi connectivity index (χ1v) is 5.80. The van der Waals surface area contributed by atoms with E-state index in [0.717, 1.165) is 13.0 Å². The van der Waals surface area contributed by atoms with Crippen LogP contribution in [0, 0.1) is 5.41 Å². The third-order valence-corrected chi connectivity index (χ3v) is 2.15. The van der Waals surface area contributed by atoms with Gasteiger partial charge in [-0.2, -0.15) is 0 Å². The summed E-state index contributed by atoms with van der Waals surface area (Å²) in [5.41, 5.74) is -0.207. The standard InChI is InChI=1S/C8H13NO2.C5H12/c1-2-4-8(7(10)11)5-3-6-9-8;1-5(2,3)4/h2,9H,1,3-6H2,(H,10,11);1-4H3/t8-;/m0./s1. The van der Waals surface area contributed by atoms with Crippen LogP contribution in [-0.4, -0.2) is 23.2 Å². The van der Waals surface area contributed by atoms with Crippen molar-refractivity contribution in [3.05, 3.63) is 12.7 Å². The highest BCUT2D eigenvalue weighted by Gasteiger charge is 2.39. The topological polar surface area (TPSA) is 49.3 Å². The molecule has 1 aliphatic heterocycles. The van der Waals surface area contributed by atoms with E-state index in [1.165, 1.54) is 0 Å². The lowest BCUT2D eigenvalue weighted by molar-refractivity contribution is -0.144. The van der Waals surface area contributed by atoms with E-state index in [1.54, 1.807) is 6.08 Å². The molecule has 0 saturated carbocycles. The molecule has 1 rings (SSSR count). The van der Waals surface area contributed by atoms with Gasteiger partial charge in [0.1, 0.15) is 5.54 Å². The number of carbonyl (C=O) groups is 1. The Bertz CT molecular complexity index is 229. The first kappa shape index (κ1) is 15.2. The molecule has 3 heteroatoms. The van der Waals surface area contributed by atoms with Gasteiger partial charge >= 0.3 is 5.97 Å². The third kappa shape index (κ3) is 5.91. The molecular formula is C13H25NO2. The Morgan fingerprint density at radius 2 is 2.00 bits per heavy atom. The Hall–Kier alpha value is -0.830. The van der Waals surface area contributed by atoms with Gasteiger partial charge in [0, 0.05) is 0 Å². The molecule has 0 aliphatic carbocycles. The Kier molecular flexibility index (Phi) is 5.73. The van der Waals surface area contributed by atoms with Gasteiger partial charge in [-0.25, -0.2) is 0 Å². The molecule has 1 atom stereocenters. The van der Waals surface area contributed by atoms with Crippen molar-refractivity contribution in [3.63, 3.8) is 0 Å². The molecule has 0 spiro atoms. The SMILES string of the molecule is C=CC[C@@]1(C(=O)O)CCCN1.CC(C)(C)C. The van der Waals surface area contributed by atoms with Crippen LogP contribution < -0.4 is 5.32 Å². The van der Waals surface area contributed by atoms with E-state index in [1.807, 2.05) is 0 Å². The van der Waals surface area contributed by atoms with E-state index in [4.69, 9.17) is 5.11 Å². The highest BCUT2D eigenvalue weighted by Crippen LogP contribution is 2.23. The van der Waals surface area contributed by atoms with Crippen LogP contribution in [0.1, 0.15) is 47.0 Å². The minimum Gasteiger partial charge on any atom is -0.480 e. The Morgan fingerprint density at radius 1 is 1.50 bits per heavy atom. The van der Waals surface area contributed by atoms with Crippen molar-refractivity contribution in [3.8, 4) is 0 Å². The number of hydrogen-bond acceptors (Lipinski definition) is 2. The van der Waals surface area contributed by atoms with E-state index >= 15 is 0 Å².